The van der Waals surface area contributed by atoms with E-state index in [1.54, 1.807) is 6.20 Å². The van der Waals surface area contributed by atoms with E-state index in [0.717, 1.165) is 21.3 Å². The molecule has 1 aromatic heterocycles. The zero-order valence-corrected chi connectivity index (χ0v) is 10.6. The van der Waals surface area contributed by atoms with Crippen LogP contribution in [0.25, 0.3) is 11.3 Å². The van der Waals surface area contributed by atoms with Gasteiger partial charge >= 0.3 is 5.97 Å². The standard InChI is InChI=1S/C12H11BrN2O2/c13-10-4-1-8(2-5-10)12-9(7-14-15-12)3-6-11(16)17/h1-2,4-5,7H,3,6H2,(H,14,15)(H,16,17). The number of benzene rings is 1. The SMILES string of the molecule is O=C(O)CCc1cn[nH]c1-c1ccc(Br)cc1. The summed E-state index contributed by atoms with van der Waals surface area (Å²) in [5, 5.41) is 15.5. The van der Waals surface area contributed by atoms with E-state index in [-0.39, 0.29) is 6.42 Å². The molecular formula is C12H11BrN2O2. The van der Waals surface area contributed by atoms with Crippen molar-refractivity contribution in [1.29, 1.82) is 0 Å². The number of carboxylic acid groups (broad SMARTS) is 1. The largest absolute Gasteiger partial charge is 0.481 e. The van der Waals surface area contributed by atoms with E-state index in [0.29, 0.717) is 6.42 Å². The Labute approximate surface area is 107 Å². The molecule has 0 saturated carbocycles. The molecule has 0 amide bonds. The zero-order valence-electron chi connectivity index (χ0n) is 8.98. The van der Waals surface area contributed by atoms with Crippen molar-refractivity contribution in [3.63, 3.8) is 0 Å². The number of aliphatic carboxylic acids is 1. The van der Waals surface area contributed by atoms with E-state index >= 15 is 0 Å². The first-order valence-corrected chi connectivity index (χ1v) is 5.96. The fourth-order valence-corrected chi connectivity index (χ4v) is 1.87. The molecule has 0 atom stereocenters. The van der Waals surface area contributed by atoms with Gasteiger partial charge in [0.15, 0.2) is 0 Å². The molecule has 88 valence electrons. The van der Waals surface area contributed by atoms with Crippen LogP contribution in [0.1, 0.15) is 12.0 Å². The maximum absolute atomic E-state index is 10.6. The molecule has 1 aromatic carbocycles. The molecule has 0 saturated heterocycles. The molecule has 4 nitrogen and oxygen atoms in total. The minimum Gasteiger partial charge on any atom is -0.481 e. The molecule has 5 heteroatoms. The average molecular weight is 295 g/mol. The lowest BCUT2D eigenvalue weighted by molar-refractivity contribution is -0.136. The number of hydrogen-bond donors (Lipinski definition) is 2. The fourth-order valence-electron chi connectivity index (χ4n) is 1.61. The number of halogens is 1. The first-order valence-electron chi connectivity index (χ1n) is 5.17. The maximum Gasteiger partial charge on any atom is 0.303 e. The van der Waals surface area contributed by atoms with E-state index in [1.165, 1.54) is 0 Å². The lowest BCUT2D eigenvalue weighted by atomic mass is 10.1. The molecule has 0 bridgehead atoms. The summed E-state index contributed by atoms with van der Waals surface area (Å²) in [5.74, 6) is -0.798. The number of nitrogens with zero attached hydrogens (tertiary/aromatic N) is 1. The summed E-state index contributed by atoms with van der Waals surface area (Å²) < 4.78 is 1.01. The summed E-state index contributed by atoms with van der Waals surface area (Å²) in [6, 6.07) is 7.80. The van der Waals surface area contributed by atoms with Gasteiger partial charge in [-0.1, -0.05) is 28.1 Å². The van der Waals surface area contributed by atoms with Crippen LogP contribution in [0.15, 0.2) is 34.9 Å². The van der Waals surface area contributed by atoms with Gasteiger partial charge in [-0.2, -0.15) is 5.10 Å². The highest BCUT2D eigenvalue weighted by atomic mass is 79.9. The van der Waals surface area contributed by atoms with E-state index in [1.807, 2.05) is 24.3 Å². The van der Waals surface area contributed by atoms with Crippen LogP contribution in [0, 0.1) is 0 Å². The van der Waals surface area contributed by atoms with Crippen molar-refractivity contribution >= 4 is 21.9 Å². The summed E-state index contributed by atoms with van der Waals surface area (Å²) in [4.78, 5) is 10.6. The van der Waals surface area contributed by atoms with Crippen LogP contribution in [0.4, 0.5) is 0 Å². The molecule has 0 aliphatic heterocycles. The van der Waals surface area contributed by atoms with Crippen LogP contribution in [0.2, 0.25) is 0 Å². The summed E-state index contributed by atoms with van der Waals surface area (Å²) in [7, 11) is 0. The number of carbonyl (C=O) groups is 1. The number of carboxylic acids is 1. The van der Waals surface area contributed by atoms with Gasteiger partial charge in [-0.25, -0.2) is 0 Å². The van der Waals surface area contributed by atoms with Crippen molar-refractivity contribution in [2.24, 2.45) is 0 Å². The smallest absolute Gasteiger partial charge is 0.303 e. The predicted octanol–water partition coefficient (Wildman–Crippen LogP) is 2.86. The second kappa shape index (κ2) is 5.14. The molecule has 2 N–H and O–H groups in total. The predicted molar refractivity (Wildman–Crippen MR) is 67.7 cm³/mol. The number of hydrogen-bond acceptors (Lipinski definition) is 2. The van der Waals surface area contributed by atoms with Crippen LogP contribution in [-0.2, 0) is 11.2 Å². The highest BCUT2D eigenvalue weighted by Gasteiger charge is 2.09. The van der Waals surface area contributed by atoms with Gasteiger partial charge in [0.05, 0.1) is 11.9 Å². The third kappa shape index (κ3) is 2.94. The van der Waals surface area contributed by atoms with Crippen molar-refractivity contribution in [2.75, 3.05) is 0 Å². The van der Waals surface area contributed by atoms with Gasteiger partial charge in [0.1, 0.15) is 0 Å². The lowest BCUT2D eigenvalue weighted by Gasteiger charge is -2.02. The van der Waals surface area contributed by atoms with Crippen LogP contribution in [-0.4, -0.2) is 21.3 Å². The first kappa shape index (κ1) is 11.9. The molecule has 0 radical (unpaired) electrons. The van der Waals surface area contributed by atoms with Crippen LogP contribution in [0.5, 0.6) is 0 Å². The second-order valence-electron chi connectivity index (χ2n) is 3.67. The molecule has 0 spiro atoms. The van der Waals surface area contributed by atoms with Gasteiger partial charge < -0.3 is 5.11 Å². The summed E-state index contributed by atoms with van der Waals surface area (Å²) >= 11 is 3.37. The van der Waals surface area contributed by atoms with Gasteiger partial charge in [0.2, 0.25) is 0 Å². The minimum atomic E-state index is -0.798. The van der Waals surface area contributed by atoms with Crippen molar-refractivity contribution in [1.82, 2.24) is 10.2 Å². The molecule has 2 aromatic rings. The van der Waals surface area contributed by atoms with E-state index in [9.17, 15) is 4.79 Å². The van der Waals surface area contributed by atoms with Gasteiger partial charge in [-0.05, 0) is 29.7 Å². The molecule has 0 fully saturated rings. The van der Waals surface area contributed by atoms with Gasteiger partial charge in [0, 0.05) is 10.9 Å². The Morgan fingerprint density at radius 3 is 2.71 bits per heavy atom. The number of aromatic nitrogens is 2. The number of rotatable bonds is 4. The number of aryl methyl sites for hydroxylation is 1. The Bertz CT molecular complexity index is 520. The van der Waals surface area contributed by atoms with Crippen LogP contribution in [0.3, 0.4) is 0 Å². The van der Waals surface area contributed by atoms with Crippen molar-refractivity contribution in [3.05, 3.63) is 40.5 Å². The molecule has 0 unspecified atom stereocenters. The minimum absolute atomic E-state index is 0.114. The van der Waals surface area contributed by atoms with Crippen molar-refractivity contribution in [2.45, 2.75) is 12.8 Å². The monoisotopic (exact) mass is 294 g/mol. The highest BCUT2D eigenvalue weighted by molar-refractivity contribution is 9.10. The molecule has 2 rings (SSSR count). The van der Waals surface area contributed by atoms with Crippen LogP contribution >= 0.6 is 15.9 Å². The second-order valence-corrected chi connectivity index (χ2v) is 4.59. The lowest BCUT2D eigenvalue weighted by Crippen LogP contribution is -1.97. The van der Waals surface area contributed by atoms with E-state index < -0.39 is 5.97 Å². The van der Waals surface area contributed by atoms with Gasteiger partial charge in [-0.15, -0.1) is 0 Å². The Morgan fingerprint density at radius 2 is 2.06 bits per heavy atom. The summed E-state index contributed by atoms with van der Waals surface area (Å²) in [5.41, 5.74) is 2.82. The molecule has 1 heterocycles. The third-order valence-electron chi connectivity index (χ3n) is 2.46. The van der Waals surface area contributed by atoms with E-state index in [4.69, 9.17) is 5.11 Å². The Morgan fingerprint density at radius 1 is 1.35 bits per heavy atom. The maximum atomic E-state index is 10.6. The van der Waals surface area contributed by atoms with Crippen molar-refractivity contribution in [3.8, 4) is 11.3 Å². The molecule has 0 aliphatic carbocycles. The first-order chi connectivity index (χ1) is 8.16. The fraction of sp³-hybridized carbons (Fsp3) is 0.167. The summed E-state index contributed by atoms with van der Waals surface area (Å²) in [6.45, 7) is 0. The molecule has 17 heavy (non-hydrogen) atoms. The normalized spacial score (nSPS) is 10.4. The molecular weight excluding hydrogens is 284 g/mol. The summed E-state index contributed by atoms with van der Waals surface area (Å²) in [6.07, 6.45) is 2.28. The van der Waals surface area contributed by atoms with E-state index in [2.05, 4.69) is 26.1 Å². The number of H-pyrrole nitrogens is 1. The van der Waals surface area contributed by atoms with Crippen LogP contribution < -0.4 is 0 Å². The zero-order chi connectivity index (χ0) is 12.3. The Hall–Kier alpha value is -1.62. The highest BCUT2D eigenvalue weighted by Crippen LogP contribution is 2.23. The quantitative estimate of drug-likeness (QED) is 0.911. The Balaban J connectivity index is 2.24. The number of aromatic amines is 1. The van der Waals surface area contributed by atoms with Crippen molar-refractivity contribution < 1.29 is 9.90 Å². The van der Waals surface area contributed by atoms with Gasteiger partial charge in [-0.3, -0.25) is 9.89 Å². The molecule has 0 aliphatic rings. The average Bonchev–Trinajstić information content (AvgIpc) is 2.75. The third-order valence-corrected chi connectivity index (χ3v) is 2.99. The number of nitrogens with one attached hydrogen (secondary N) is 1. The topological polar surface area (TPSA) is 66.0 Å². The Kier molecular flexibility index (Phi) is 3.58. The van der Waals surface area contributed by atoms with Gasteiger partial charge in [0.25, 0.3) is 0 Å².